The highest BCUT2D eigenvalue weighted by Crippen LogP contribution is 2.34. The van der Waals surface area contributed by atoms with Gasteiger partial charge in [0.05, 0.1) is 31.6 Å². The number of hydrogen-bond acceptors (Lipinski definition) is 6. The number of carboxylic acid groups (broad SMARTS) is 1. The molecule has 2 aromatic heterocycles. The summed E-state index contributed by atoms with van der Waals surface area (Å²) < 4.78 is 45.0. The number of aromatic nitrogens is 2. The van der Waals surface area contributed by atoms with E-state index in [1.165, 1.54) is 0 Å². The number of ether oxygens (including phenoxy) is 1. The molecule has 2 saturated heterocycles. The van der Waals surface area contributed by atoms with E-state index in [1.807, 2.05) is 31.3 Å². The van der Waals surface area contributed by atoms with Gasteiger partial charge in [0.1, 0.15) is 11.6 Å². The van der Waals surface area contributed by atoms with Gasteiger partial charge in [-0.15, -0.1) is 0 Å². The average molecular weight is 472 g/mol. The number of rotatable bonds is 3. The maximum Gasteiger partial charge on any atom is 0.490 e. The molecular weight excluding hydrogens is 445 g/mol. The molecule has 1 amide bonds. The summed E-state index contributed by atoms with van der Waals surface area (Å²) in [4.78, 5) is 30.6. The highest BCUT2D eigenvalue weighted by atomic mass is 19.4. The van der Waals surface area contributed by atoms with Crippen molar-refractivity contribution in [3.05, 3.63) is 41.9 Å². The number of hydrogen-bond donors (Lipinski definition) is 1. The Morgan fingerprint density at radius 2 is 2.00 bits per heavy atom. The predicted octanol–water partition coefficient (Wildman–Crippen LogP) is 2.32. The predicted molar refractivity (Wildman–Crippen MR) is 109 cm³/mol. The number of aryl methyl sites for hydroxylation is 2. The second kappa shape index (κ2) is 9.96. The first-order valence-corrected chi connectivity index (χ1v) is 10.4. The van der Waals surface area contributed by atoms with Gasteiger partial charge in [0, 0.05) is 44.5 Å². The van der Waals surface area contributed by atoms with Crippen LogP contribution in [0.15, 0.2) is 29.1 Å². The van der Waals surface area contributed by atoms with Crippen molar-refractivity contribution in [2.45, 2.75) is 26.1 Å². The van der Waals surface area contributed by atoms with Gasteiger partial charge in [-0.3, -0.25) is 9.69 Å². The minimum Gasteiger partial charge on any atom is -0.475 e. The van der Waals surface area contributed by atoms with Gasteiger partial charge in [0.25, 0.3) is 5.91 Å². The van der Waals surface area contributed by atoms with E-state index < -0.39 is 12.1 Å². The molecule has 33 heavy (non-hydrogen) atoms. The lowest BCUT2D eigenvalue weighted by molar-refractivity contribution is -0.192. The number of amides is 1. The fraction of sp³-hybridized carbons (Fsp3) is 0.571. The Morgan fingerprint density at radius 1 is 1.27 bits per heavy atom. The van der Waals surface area contributed by atoms with Crippen molar-refractivity contribution in [3.8, 4) is 0 Å². The highest BCUT2D eigenvalue weighted by molar-refractivity contribution is 5.95. The molecular formula is C21H27F3N4O5. The molecule has 1 N–H and O–H groups in total. The van der Waals surface area contributed by atoms with Crippen molar-refractivity contribution in [2.75, 3.05) is 39.4 Å². The van der Waals surface area contributed by atoms with Gasteiger partial charge in [-0.1, -0.05) is 0 Å². The Morgan fingerprint density at radius 3 is 2.58 bits per heavy atom. The standard InChI is InChI=1S/C19H26N4O3.C2HF3O2/c1-15-16(3-9-26-15)18(24)23-8-10-25-14-19(13-23)4-6-22(12-19)11-17-20-5-7-21(17)2;3-2(4,5)1(6)7/h3,5,7,9H,4,6,8,10-14H2,1-2H3;(H,6,7). The summed E-state index contributed by atoms with van der Waals surface area (Å²) in [6, 6.07) is 1.76. The van der Waals surface area contributed by atoms with E-state index in [2.05, 4.69) is 14.5 Å². The van der Waals surface area contributed by atoms with Crippen LogP contribution in [0.1, 0.15) is 28.4 Å². The fourth-order valence-electron chi connectivity index (χ4n) is 4.10. The van der Waals surface area contributed by atoms with E-state index in [0.717, 1.165) is 38.4 Å². The number of aliphatic carboxylic acids is 1. The zero-order valence-corrected chi connectivity index (χ0v) is 18.5. The van der Waals surface area contributed by atoms with Gasteiger partial charge < -0.3 is 23.7 Å². The molecule has 9 nitrogen and oxygen atoms in total. The van der Waals surface area contributed by atoms with Gasteiger partial charge in [-0.05, 0) is 26.0 Å². The second-order valence-corrected chi connectivity index (χ2v) is 8.39. The highest BCUT2D eigenvalue weighted by Gasteiger charge is 2.42. The van der Waals surface area contributed by atoms with Crippen LogP contribution in [0.4, 0.5) is 13.2 Å². The molecule has 2 aromatic rings. The van der Waals surface area contributed by atoms with Crippen LogP contribution in [0.5, 0.6) is 0 Å². The first kappa shape index (κ1) is 24.8. The van der Waals surface area contributed by atoms with Crippen LogP contribution in [-0.4, -0.2) is 81.9 Å². The topological polar surface area (TPSA) is 101 Å². The number of alkyl halides is 3. The van der Waals surface area contributed by atoms with E-state index in [9.17, 15) is 18.0 Å². The van der Waals surface area contributed by atoms with E-state index in [0.29, 0.717) is 31.1 Å². The molecule has 2 aliphatic heterocycles. The van der Waals surface area contributed by atoms with Crippen molar-refractivity contribution < 1.29 is 37.0 Å². The summed E-state index contributed by atoms with van der Waals surface area (Å²) >= 11 is 0. The van der Waals surface area contributed by atoms with Crippen LogP contribution in [0.25, 0.3) is 0 Å². The van der Waals surface area contributed by atoms with Crippen molar-refractivity contribution in [3.63, 3.8) is 0 Å². The molecule has 0 saturated carbocycles. The van der Waals surface area contributed by atoms with E-state index in [4.69, 9.17) is 19.1 Å². The molecule has 4 rings (SSSR count). The van der Waals surface area contributed by atoms with Crippen LogP contribution in [-0.2, 0) is 23.1 Å². The summed E-state index contributed by atoms with van der Waals surface area (Å²) in [5.74, 6) is -0.966. The summed E-state index contributed by atoms with van der Waals surface area (Å²) in [6.45, 7) is 7.25. The summed E-state index contributed by atoms with van der Waals surface area (Å²) in [6.07, 6.45) is 1.34. The molecule has 4 heterocycles. The van der Waals surface area contributed by atoms with Gasteiger partial charge in [0.2, 0.25) is 0 Å². The summed E-state index contributed by atoms with van der Waals surface area (Å²) in [5.41, 5.74) is 0.652. The molecule has 12 heteroatoms. The third kappa shape index (κ3) is 6.14. The minimum atomic E-state index is -5.08. The van der Waals surface area contributed by atoms with Gasteiger partial charge in [0.15, 0.2) is 0 Å². The number of nitrogens with zero attached hydrogens (tertiary/aromatic N) is 4. The van der Waals surface area contributed by atoms with Crippen LogP contribution < -0.4 is 0 Å². The number of carbonyl (C=O) groups is 2. The monoisotopic (exact) mass is 472 g/mol. The lowest BCUT2D eigenvalue weighted by atomic mass is 9.87. The van der Waals surface area contributed by atoms with Crippen LogP contribution in [0.3, 0.4) is 0 Å². The molecule has 1 unspecified atom stereocenters. The number of furan rings is 1. The second-order valence-electron chi connectivity index (χ2n) is 8.39. The Labute approximate surface area is 188 Å². The third-order valence-corrected chi connectivity index (χ3v) is 5.86. The largest absolute Gasteiger partial charge is 0.490 e. The average Bonchev–Trinajstić information content (AvgIpc) is 3.41. The third-order valence-electron chi connectivity index (χ3n) is 5.86. The molecule has 2 aliphatic rings. The molecule has 182 valence electrons. The molecule has 2 fully saturated rings. The first-order valence-electron chi connectivity index (χ1n) is 10.4. The smallest absolute Gasteiger partial charge is 0.475 e. The minimum absolute atomic E-state index is 0.00500. The Balaban J connectivity index is 0.000000383. The molecule has 0 aliphatic carbocycles. The molecule has 1 atom stereocenters. The number of likely N-dealkylation sites (tertiary alicyclic amines) is 1. The van der Waals surface area contributed by atoms with Crippen molar-refractivity contribution in [1.29, 1.82) is 0 Å². The first-order chi connectivity index (χ1) is 15.5. The Hall–Kier alpha value is -2.86. The van der Waals surface area contributed by atoms with E-state index in [1.54, 1.807) is 12.3 Å². The molecule has 0 radical (unpaired) electrons. The molecule has 1 spiro atoms. The van der Waals surface area contributed by atoms with Crippen LogP contribution in [0, 0.1) is 12.3 Å². The quantitative estimate of drug-likeness (QED) is 0.732. The maximum atomic E-state index is 12.9. The number of halogens is 3. The Kier molecular flexibility index (Phi) is 7.48. The van der Waals surface area contributed by atoms with Gasteiger partial charge in [-0.25, -0.2) is 9.78 Å². The van der Waals surface area contributed by atoms with Crippen LogP contribution in [0.2, 0.25) is 0 Å². The van der Waals surface area contributed by atoms with Crippen molar-refractivity contribution in [1.82, 2.24) is 19.4 Å². The molecule has 0 aromatic carbocycles. The molecule has 0 bridgehead atoms. The zero-order valence-electron chi connectivity index (χ0n) is 18.5. The van der Waals surface area contributed by atoms with Crippen molar-refractivity contribution in [2.24, 2.45) is 12.5 Å². The normalized spacial score (nSPS) is 21.5. The van der Waals surface area contributed by atoms with Crippen molar-refractivity contribution >= 4 is 11.9 Å². The van der Waals surface area contributed by atoms with E-state index in [-0.39, 0.29) is 11.3 Å². The van der Waals surface area contributed by atoms with E-state index >= 15 is 0 Å². The zero-order chi connectivity index (χ0) is 24.2. The SMILES string of the molecule is Cc1occc1C(=O)N1CCOCC2(CCN(Cc3nccn3C)C2)C1.O=C(O)C(F)(F)F. The Bertz CT molecular complexity index is 973. The lowest BCUT2D eigenvalue weighted by Gasteiger charge is -2.32. The summed E-state index contributed by atoms with van der Waals surface area (Å²) in [5, 5.41) is 7.12. The van der Waals surface area contributed by atoms with Crippen LogP contribution >= 0.6 is 0 Å². The fourth-order valence-corrected chi connectivity index (χ4v) is 4.10. The maximum absolute atomic E-state index is 12.9. The van der Waals surface area contributed by atoms with Gasteiger partial charge >= 0.3 is 12.1 Å². The number of imidazole rings is 1. The van der Waals surface area contributed by atoms with Gasteiger partial charge in [-0.2, -0.15) is 13.2 Å². The summed E-state index contributed by atoms with van der Waals surface area (Å²) in [7, 11) is 2.02. The number of carbonyl (C=O) groups excluding carboxylic acids is 1. The number of carboxylic acids is 1. The lowest BCUT2D eigenvalue weighted by Crippen LogP contribution is -2.43.